The molecule has 2 N–H and O–H groups in total. The number of nitrogens with zero attached hydrogens (tertiary/aromatic N) is 2. The summed E-state index contributed by atoms with van der Waals surface area (Å²) in [6.07, 6.45) is 5.71. The highest BCUT2D eigenvalue weighted by atomic mass is 32.2. The number of carbonyl (C=O) groups is 2. The minimum Gasteiger partial charge on any atom is -0.484 e. The Kier molecular flexibility index (Phi) is 8.84. The van der Waals surface area contributed by atoms with Gasteiger partial charge in [-0.2, -0.15) is 0 Å². The molecule has 5 rings (SSSR count). The molecular weight excluding hydrogens is 554 g/mol. The Morgan fingerprint density at radius 3 is 2.52 bits per heavy atom. The highest BCUT2D eigenvalue weighted by Crippen LogP contribution is 2.36. The Labute approximate surface area is 245 Å². The average molecular weight is 588 g/mol. The van der Waals surface area contributed by atoms with Gasteiger partial charge in [0.25, 0.3) is 5.91 Å². The summed E-state index contributed by atoms with van der Waals surface area (Å²) < 4.78 is 36.0. The molecule has 2 unspecified atom stereocenters. The topological polar surface area (TPSA) is 128 Å². The minimum absolute atomic E-state index is 0.00737. The summed E-state index contributed by atoms with van der Waals surface area (Å²) in [4.78, 5) is 29.3. The van der Waals surface area contributed by atoms with E-state index in [2.05, 4.69) is 10.3 Å². The third-order valence-corrected chi connectivity index (χ3v) is 8.92. The molecular formula is C32H33N3O6S. The van der Waals surface area contributed by atoms with E-state index in [1.165, 1.54) is 24.3 Å². The number of benzene rings is 3. The first-order valence-electron chi connectivity index (χ1n) is 13.9. The number of amides is 1. The van der Waals surface area contributed by atoms with Gasteiger partial charge in [-0.05, 0) is 67.3 Å². The fourth-order valence-corrected chi connectivity index (χ4v) is 6.51. The number of aliphatic hydroxyl groups excluding tert-OH is 1. The van der Waals surface area contributed by atoms with Crippen molar-refractivity contribution in [1.29, 1.82) is 0 Å². The van der Waals surface area contributed by atoms with Crippen molar-refractivity contribution in [3.63, 3.8) is 0 Å². The molecule has 9 nitrogen and oxygen atoms in total. The van der Waals surface area contributed by atoms with Gasteiger partial charge in [0, 0.05) is 42.0 Å². The molecule has 0 bridgehead atoms. The number of Topliss-reactive ketones (excluding diaryl/α,β-unsaturated/α-hetero) is 1. The van der Waals surface area contributed by atoms with Crippen LogP contribution >= 0.6 is 0 Å². The van der Waals surface area contributed by atoms with Crippen LogP contribution in [0.4, 0.5) is 0 Å². The molecule has 0 saturated heterocycles. The van der Waals surface area contributed by atoms with E-state index in [1.54, 1.807) is 31.6 Å². The van der Waals surface area contributed by atoms with Crippen LogP contribution in [0, 0.1) is 0 Å². The number of carbonyl (C=O) groups excluding carboxylic acids is 2. The predicted octanol–water partition coefficient (Wildman–Crippen LogP) is 4.31. The Bertz CT molecular complexity index is 1650. The van der Waals surface area contributed by atoms with Crippen LogP contribution in [-0.4, -0.2) is 47.4 Å². The van der Waals surface area contributed by atoms with Crippen molar-refractivity contribution in [2.45, 2.75) is 55.6 Å². The molecule has 0 spiro atoms. The standard InChI is InChI=1S/C32H33N3O6S/c1-22(36)18-34-32(38)24-10-12-25(13-11-24)42(39,40)20-28-26-8-5-9-29(37)27(26)14-15-30(28)41-31(19-35-17-16-33-21-35)23-6-3-2-4-7-23/h2-4,6-7,10-17,21-22,31,36H,5,8-9,18-20H2,1H3,(H,34,38). The number of imidazole rings is 1. The number of nitrogens with one attached hydrogen (secondary N) is 1. The van der Waals surface area contributed by atoms with Crippen molar-refractivity contribution in [2.24, 2.45) is 0 Å². The van der Waals surface area contributed by atoms with Crippen LogP contribution < -0.4 is 10.1 Å². The van der Waals surface area contributed by atoms with Gasteiger partial charge in [-0.3, -0.25) is 9.59 Å². The van der Waals surface area contributed by atoms with E-state index in [-0.39, 0.29) is 28.5 Å². The van der Waals surface area contributed by atoms with E-state index in [4.69, 9.17) is 4.74 Å². The quantitative estimate of drug-likeness (QED) is 0.268. The fraction of sp³-hybridized carbons (Fsp3) is 0.281. The molecule has 0 saturated carbocycles. The van der Waals surface area contributed by atoms with Crippen molar-refractivity contribution < 1.29 is 27.9 Å². The first-order chi connectivity index (χ1) is 20.2. The summed E-state index contributed by atoms with van der Waals surface area (Å²) in [6.45, 7) is 2.10. The lowest BCUT2D eigenvalue weighted by molar-refractivity contribution is 0.0923. The van der Waals surface area contributed by atoms with Gasteiger partial charge in [-0.15, -0.1) is 0 Å². The fourth-order valence-electron chi connectivity index (χ4n) is 5.09. The number of fused-ring (bicyclic) bond motifs is 1. The summed E-state index contributed by atoms with van der Waals surface area (Å²) in [5.74, 6) is -0.364. The molecule has 1 aliphatic rings. The maximum atomic E-state index is 13.7. The van der Waals surface area contributed by atoms with Gasteiger partial charge in [0.2, 0.25) is 0 Å². The van der Waals surface area contributed by atoms with Crippen LogP contribution in [0.2, 0.25) is 0 Å². The van der Waals surface area contributed by atoms with Gasteiger partial charge in [-0.1, -0.05) is 30.3 Å². The van der Waals surface area contributed by atoms with Gasteiger partial charge < -0.3 is 19.7 Å². The first kappa shape index (κ1) is 29.2. The zero-order chi connectivity index (χ0) is 29.7. The summed E-state index contributed by atoms with van der Waals surface area (Å²) in [6, 6.07) is 18.8. The molecule has 42 heavy (non-hydrogen) atoms. The largest absolute Gasteiger partial charge is 0.484 e. The SMILES string of the molecule is CC(O)CNC(=O)c1ccc(S(=O)(=O)Cc2c(OC(Cn3ccnc3)c3ccccc3)ccc3c2CCCC3=O)cc1. The molecule has 1 aliphatic carbocycles. The van der Waals surface area contributed by atoms with E-state index in [1.807, 2.05) is 41.1 Å². The van der Waals surface area contributed by atoms with Crippen molar-refractivity contribution in [3.05, 3.63) is 113 Å². The number of rotatable bonds is 11. The zero-order valence-electron chi connectivity index (χ0n) is 23.3. The zero-order valence-corrected chi connectivity index (χ0v) is 24.1. The van der Waals surface area contributed by atoms with Gasteiger partial charge in [-0.25, -0.2) is 13.4 Å². The Hall–Kier alpha value is -4.28. The molecule has 3 aromatic carbocycles. The maximum absolute atomic E-state index is 13.7. The van der Waals surface area contributed by atoms with E-state index in [0.29, 0.717) is 48.2 Å². The van der Waals surface area contributed by atoms with Crippen molar-refractivity contribution >= 4 is 21.5 Å². The van der Waals surface area contributed by atoms with Crippen LogP contribution in [0.1, 0.15) is 63.3 Å². The van der Waals surface area contributed by atoms with E-state index < -0.39 is 28.0 Å². The average Bonchev–Trinajstić information content (AvgIpc) is 3.50. The third-order valence-electron chi connectivity index (χ3n) is 7.26. The molecule has 1 aromatic heterocycles. The molecule has 0 fully saturated rings. The van der Waals surface area contributed by atoms with E-state index >= 15 is 0 Å². The lowest BCUT2D eigenvalue weighted by atomic mass is 9.87. The minimum atomic E-state index is -3.88. The molecule has 218 valence electrons. The summed E-state index contributed by atoms with van der Waals surface area (Å²) >= 11 is 0. The maximum Gasteiger partial charge on any atom is 0.251 e. The van der Waals surface area contributed by atoms with Crippen molar-refractivity contribution in [1.82, 2.24) is 14.9 Å². The van der Waals surface area contributed by atoms with Crippen LogP contribution in [0.3, 0.4) is 0 Å². The number of hydrogen-bond donors (Lipinski definition) is 2. The van der Waals surface area contributed by atoms with Crippen molar-refractivity contribution in [2.75, 3.05) is 6.54 Å². The second-order valence-corrected chi connectivity index (χ2v) is 12.5. The van der Waals surface area contributed by atoms with Crippen LogP contribution in [0.25, 0.3) is 0 Å². The lowest BCUT2D eigenvalue weighted by Crippen LogP contribution is -2.30. The second-order valence-electron chi connectivity index (χ2n) is 10.5. The van der Waals surface area contributed by atoms with Crippen molar-refractivity contribution in [3.8, 4) is 5.75 Å². The van der Waals surface area contributed by atoms with Gasteiger partial charge in [0.15, 0.2) is 15.6 Å². The molecule has 1 heterocycles. The Morgan fingerprint density at radius 2 is 1.83 bits per heavy atom. The first-order valence-corrected chi connectivity index (χ1v) is 15.5. The normalized spacial score (nSPS) is 14.6. The molecule has 0 radical (unpaired) electrons. The summed E-state index contributed by atoms with van der Waals surface area (Å²) in [7, 11) is -3.88. The lowest BCUT2D eigenvalue weighted by Gasteiger charge is -2.25. The number of aromatic nitrogens is 2. The molecule has 0 aliphatic heterocycles. The predicted molar refractivity (Wildman–Crippen MR) is 157 cm³/mol. The van der Waals surface area contributed by atoms with Crippen LogP contribution in [0.15, 0.2) is 90.3 Å². The number of aliphatic hydroxyl groups is 1. The van der Waals surface area contributed by atoms with Gasteiger partial charge in [0.05, 0.1) is 29.6 Å². The Morgan fingerprint density at radius 1 is 1.07 bits per heavy atom. The van der Waals surface area contributed by atoms with Crippen LogP contribution in [-0.2, 0) is 28.6 Å². The summed E-state index contributed by atoms with van der Waals surface area (Å²) in [5.41, 5.74) is 2.92. The number of ketones is 1. The number of hydrogen-bond acceptors (Lipinski definition) is 7. The molecule has 4 aromatic rings. The van der Waals surface area contributed by atoms with E-state index in [0.717, 1.165) is 5.56 Å². The summed E-state index contributed by atoms with van der Waals surface area (Å²) in [5, 5.41) is 12.0. The smallest absolute Gasteiger partial charge is 0.251 e. The highest BCUT2D eigenvalue weighted by Gasteiger charge is 2.28. The van der Waals surface area contributed by atoms with Crippen LogP contribution in [0.5, 0.6) is 5.75 Å². The number of sulfone groups is 1. The molecule has 2 atom stereocenters. The number of ether oxygens (including phenoxy) is 1. The van der Waals surface area contributed by atoms with Gasteiger partial charge in [0.1, 0.15) is 11.9 Å². The molecule has 10 heteroatoms. The van der Waals surface area contributed by atoms with Gasteiger partial charge >= 0.3 is 0 Å². The molecule has 1 amide bonds. The van der Waals surface area contributed by atoms with E-state index in [9.17, 15) is 23.1 Å². The third kappa shape index (κ3) is 6.78. The Balaban J connectivity index is 1.48. The highest BCUT2D eigenvalue weighted by molar-refractivity contribution is 7.90. The monoisotopic (exact) mass is 587 g/mol. The second kappa shape index (κ2) is 12.7.